The molecule has 0 spiro atoms. The van der Waals surface area contributed by atoms with Gasteiger partial charge in [-0.05, 0) is 5.56 Å². The average molecular weight is 331 g/mol. The van der Waals surface area contributed by atoms with E-state index >= 15 is 0 Å². The second-order valence-electron chi connectivity index (χ2n) is 5.89. The predicted molar refractivity (Wildman–Crippen MR) is 90.2 cm³/mol. The number of nitrogens with one attached hydrogen (secondary N) is 1. The summed E-state index contributed by atoms with van der Waals surface area (Å²) < 4.78 is 0. The lowest BCUT2D eigenvalue weighted by molar-refractivity contribution is -0.132. The minimum atomic E-state index is -1.13. The summed E-state index contributed by atoms with van der Waals surface area (Å²) in [5.41, 5.74) is 1.67. The topological polar surface area (TPSA) is 83.5 Å². The van der Waals surface area contributed by atoms with Crippen molar-refractivity contribution in [2.24, 2.45) is 0 Å². The maximum Gasteiger partial charge on any atom is 0.334 e. The molecule has 2 aliphatic rings. The van der Waals surface area contributed by atoms with Crippen LogP contribution in [0.25, 0.3) is 0 Å². The molecule has 0 radical (unpaired) electrons. The number of hydrogen-bond acceptors (Lipinski definition) is 4. The van der Waals surface area contributed by atoms with Crippen molar-refractivity contribution < 1.29 is 19.5 Å². The van der Waals surface area contributed by atoms with Crippen LogP contribution >= 0.6 is 0 Å². The Bertz CT molecular complexity index is 986. The van der Waals surface area contributed by atoms with E-state index in [-0.39, 0.29) is 28.4 Å². The van der Waals surface area contributed by atoms with Crippen LogP contribution in [-0.2, 0) is 4.79 Å². The van der Waals surface area contributed by atoms with Crippen molar-refractivity contribution in [3.63, 3.8) is 0 Å². The fourth-order valence-electron chi connectivity index (χ4n) is 3.38. The van der Waals surface area contributed by atoms with Crippen LogP contribution in [0.1, 0.15) is 32.2 Å². The fraction of sp³-hybridized carbons (Fsp3) is 0.0500. The number of hydrogen-bond donors (Lipinski definition) is 2. The molecule has 0 saturated carbocycles. The molecule has 1 heterocycles. The SMILES string of the molecule is O=C(O)C1=CNC2=C(C(=O)c3ccccc3C2=O)C1c1ccccc1. The van der Waals surface area contributed by atoms with Crippen molar-refractivity contribution in [2.75, 3.05) is 0 Å². The van der Waals surface area contributed by atoms with Crippen LogP contribution < -0.4 is 5.32 Å². The van der Waals surface area contributed by atoms with Crippen molar-refractivity contribution in [1.29, 1.82) is 0 Å². The molecule has 0 aromatic heterocycles. The number of allylic oxidation sites excluding steroid dienone is 2. The Labute approximate surface area is 143 Å². The van der Waals surface area contributed by atoms with Crippen LogP contribution in [0, 0.1) is 0 Å². The van der Waals surface area contributed by atoms with E-state index in [0.717, 1.165) is 0 Å². The van der Waals surface area contributed by atoms with Gasteiger partial charge >= 0.3 is 5.97 Å². The molecule has 2 aromatic carbocycles. The zero-order valence-electron chi connectivity index (χ0n) is 13.0. The minimum Gasteiger partial charge on any atom is -0.478 e. The summed E-state index contributed by atoms with van der Waals surface area (Å²) in [6.07, 6.45) is 1.30. The van der Waals surface area contributed by atoms with Crippen LogP contribution in [0.5, 0.6) is 0 Å². The average Bonchev–Trinajstić information content (AvgIpc) is 2.65. The number of aliphatic carboxylic acids is 1. The minimum absolute atomic E-state index is 0.0329. The van der Waals surface area contributed by atoms with E-state index < -0.39 is 11.9 Å². The molecule has 5 heteroatoms. The van der Waals surface area contributed by atoms with Crippen LogP contribution in [0.15, 0.2) is 77.6 Å². The highest BCUT2D eigenvalue weighted by Crippen LogP contribution is 2.41. The quantitative estimate of drug-likeness (QED) is 0.884. The lowest BCUT2D eigenvalue weighted by Gasteiger charge is -2.31. The molecule has 2 N–H and O–H groups in total. The number of carbonyl (C=O) groups excluding carboxylic acids is 2. The second kappa shape index (κ2) is 5.56. The summed E-state index contributed by atoms with van der Waals surface area (Å²) in [5.74, 6) is -2.54. The normalized spacial score (nSPS) is 18.9. The zero-order chi connectivity index (χ0) is 17.6. The summed E-state index contributed by atoms with van der Waals surface area (Å²) in [7, 11) is 0. The van der Waals surface area contributed by atoms with Crippen LogP contribution in [0.3, 0.4) is 0 Å². The summed E-state index contributed by atoms with van der Waals surface area (Å²) in [4.78, 5) is 37.6. The first-order valence-corrected chi connectivity index (χ1v) is 7.77. The van der Waals surface area contributed by atoms with Crippen LogP contribution in [0.4, 0.5) is 0 Å². The molecule has 4 rings (SSSR count). The van der Waals surface area contributed by atoms with Gasteiger partial charge in [0.15, 0.2) is 5.78 Å². The van der Waals surface area contributed by atoms with Gasteiger partial charge in [0, 0.05) is 28.8 Å². The van der Waals surface area contributed by atoms with Crippen molar-refractivity contribution in [3.05, 3.63) is 94.3 Å². The molecule has 122 valence electrons. The first-order valence-electron chi connectivity index (χ1n) is 7.77. The van der Waals surface area contributed by atoms with Gasteiger partial charge < -0.3 is 10.4 Å². The molecule has 25 heavy (non-hydrogen) atoms. The highest BCUT2D eigenvalue weighted by molar-refractivity contribution is 6.28. The molecular formula is C20H13NO4. The van der Waals surface area contributed by atoms with Crippen LogP contribution in [0.2, 0.25) is 0 Å². The maximum atomic E-state index is 13.1. The highest BCUT2D eigenvalue weighted by Gasteiger charge is 2.41. The number of dihydropyridines is 1. The summed E-state index contributed by atoms with van der Waals surface area (Å²) in [5, 5.41) is 12.3. The standard InChI is InChI=1S/C20H13NO4/c22-18-12-8-4-5-9-13(12)19(23)17-16(18)15(11-6-2-1-3-7-11)14(10-21-17)20(24)25/h1-10,15,21H,(H,24,25). The Morgan fingerprint density at radius 1 is 0.880 bits per heavy atom. The largest absolute Gasteiger partial charge is 0.478 e. The summed E-state index contributed by atoms with van der Waals surface area (Å²) >= 11 is 0. The Kier molecular flexibility index (Phi) is 3.35. The lowest BCUT2D eigenvalue weighted by atomic mass is 9.74. The van der Waals surface area contributed by atoms with E-state index in [1.165, 1.54) is 6.20 Å². The molecule has 1 aliphatic carbocycles. The number of benzene rings is 2. The molecule has 0 bridgehead atoms. The third kappa shape index (κ3) is 2.21. The second-order valence-corrected chi connectivity index (χ2v) is 5.89. The van der Waals surface area contributed by atoms with Crippen molar-refractivity contribution in [2.45, 2.75) is 5.92 Å². The van der Waals surface area contributed by atoms with Gasteiger partial charge in [-0.1, -0.05) is 54.6 Å². The van der Waals surface area contributed by atoms with E-state index in [9.17, 15) is 19.5 Å². The third-order valence-electron chi connectivity index (χ3n) is 4.51. The highest BCUT2D eigenvalue weighted by atomic mass is 16.4. The molecule has 1 unspecified atom stereocenters. The van der Waals surface area contributed by atoms with E-state index in [2.05, 4.69) is 5.32 Å². The number of carboxylic acids is 1. The van der Waals surface area contributed by atoms with Gasteiger partial charge in [-0.25, -0.2) is 4.79 Å². The van der Waals surface area contributed by atoms with Crippen molar-refractivity contribution >= 4 is 17.5 Å². The van der Waals surface area contributed by atoms with Gasteiger partial charge in [0.1, 0.15) is 0 Å². The summed E-state index contributed by atoms with van der Waals surface area (Å²) in [6.45, 7) is 0. The Morgan fingerprint density at radius 3 is 2.12 bits per heavy atom. The van der Waals surface area contributed by atoms with E-state index in [1.54, 1.807) is 48.5 Å². The molecule has 2 aromatic rings. The number of Topliss-reactive ketones (excluding diaryl/α,β-unsaturated/α-hetero) is 2. The molecular weight excluding hydrogens is 318 g/mol. The Balaban J connectivity index is 1.95. The molecule has 0 fully saturated rings. The van der Waals surface area contributed by atoms with Crippen molar-refractivity contribution in [1.82, 2.24) is 5.32 Å². The first-order chi connectivity index (χ1) is 12.1. The molecule has 1 aliphatic heterocycles. The molecule has 1 atom stereocenters. The maximum absolute atomic E-state index is 13.1. The molecule has 0 amide bonds. The summed E-state index contributed by atoms with van der Waals surface area (Å²) in [6, 6.07) is 15.5. The number of fused-ring (bicyclic) bond motifs is 1. The molecule has 0 saturated heterocycles. The Morgan fingerprint density at radius 2 is 1.48 bits per heavy atom. The third-order valence-corrected chi connectivity index (χ3v) is 4.51. The van der Waals surface area contributed by atoms with E-state index in [0.29, 0.717) is 16.7 Å². The smallest absolute Gasteiger partial charge is 0.334 e. The van der Waals surface area contributed by atoms with Gasteiger partial charge in [0.2, 0.25) is 5.78 Å². The zero-order valence-corrected chi connectivity index (χ0v) is 13.0. The van der Waals surface area contributed by atoms with Crippen LogP contribution in [-0.4, -0.2) is 22.6 Å². The lowest BCUT2D eigenvalue weighted by Crippen LogP contribution is -2.36. The van der Waals surface area contributed by atoms with Gasteiger partial charge in [0.05, 0.1) is 11.3 Å². The monoisotopic (exact) mass is 331 g/mol. The van der Waals surface area contributed by atoms with E-state index in [4.69, 9.17) is 0 Å². The number of carboxylic acid groups (broad SMARTS) is 1. The van der Waals surface area contributed by atoms with Gasteiger partial charge in [0.25, 0.3) is 0 Å². The molecule has 5 nitrogen and oxygen atoms in total. The number of ketones is 2. The number of carbonyl (C=O) groups is 3. The Hall–Kier alpha value is -3.47. The van der Waals surface area contributed by atoms with Crippen molar-refractivity contribution in [3.8, 4) is 0 Å². The van der Waals surface area contributed by atoms with Gasteiger partial charge in [-0.3, -0.25) is 9.59 Å². The van der Waals surface area contributed by atoms with Gasteiger partial charge in [-0.15, -0.1) is 0 Å². The fourth-order valence-corrected chi connectivity index (χ4v) is 3.38. The number of rotatable bonds is 2. The first kappa shape index (κ1) is 15.1. The predicted octanol–water partition coefficient (Wildman–Crippen LogP) is 2.68. The van der Waals surface area contributed by atoms with Gasteiger partial charge in [-0.2, -0.15) is 0 Å². The van der Waals surface area contributed by atoms with E-state index in [1.807, 2.05) is 6.07 Å².